The van der Waals surface area contributed by atoms with E-state index in [4.69, 9.17) is 14.2 Å². The summed E-state index contributed by atoms with van der Waals surface area (Å²) in [6, 6.07) is 5.59. The minimum absolute atomic E-state index is 0.0384. The molecule has 1 aliphatic carbocycles. The van der Waals surface area contributed by atoms with E-state index in [1.165, 1.54) is 0 Å². The summed E-state index contributed by atoms with van der Waals surface area (Å²) in [4.78, 5) is 0. The van der Waals surface area contributed by atoms with Crippen molar-refractivity contribution in [3.8, 4) is 11.5 Å². The number of aliphatic hydroxyl groups excluding tert-OH is 2. The summed E-state index contributed by atoms with van der Waals surface area (Å²) in [5.41, 5.74) is 0.988. The fraction of sp³-hybridized carbons (Fsp3) is 0.600. The molecule has 0 bridgehead atoms. The zero-order valence-corrected chi connectivity index (χ0v) is 12.0. The van der Waals surface area contributed by atoms with Gasteiger partial charge in [-0.3, -0.25) is 0 Å². The largest absolute Gasteiger partial charge is 0.454 e. The molecular formula is C15H21NO5. The Labute approximate surface area is 123 Å². The number of nitrogens with one attached hydrogen (secondary N) is 1. The molecule has 1 saturated carbocycles. The Kier molecular flexibility index (Phi) is 4.30. The van der Waals surface area contributed by atoms with Crippen molar-refractivity contribution in [2.75, 3.05) is 20.5 Å². The number of hydrogen-bond donors (Lipinski definition) is 3. The van der Waals surface area contributed by atoms with Crippen LogP contribution >= 0.6 is 0 Å². The van der Waals surface area contributed by atoms with Crippen molar-refractivity contribution in [3.05, 3.63) is 23.8 Å². The lowest BCUT2D eigenvalue weighted by molar-refractivity contribution is -0.00598. The molecule has 1 aromatic carbocycles. The number of benzene rings is 1. The molecule has 4 atom stereocenters. The monoisotopic (exact) mass is 295 g/mol. The molecule has 1 aromatic rings. The molecule has 0 saturated heterocycles. The summed E-state index contributed by atoms with van der Waals surface area (Å²) in [7, 11) is 1.60. The molecule has 116 valence electrons. The molecule has 1 aliphatic heterocycles. The van der Waals surface area contributed by atoms with Crippen LogP contribution in [0.3, 0.4) is 0 Å². The van der Waals surface area contributed by atoms with E-state index >= 15 is 0 Å². The van der Waals surface area contributed by atoms with Crippen LogP contribution in [0.2, 0.25) is 0 Å². The van der Waals surface area contributed by atoms with Crippen molar-refractivity contribution >= 4 is 0 Å². The molecule has 0 unspecified atom stereocenters. The molecule has 3 N–H and O–H groups in total. The topological polar surface area (TPSA) is 80.2 Å². The van der Waals surface area contributed by atoms with Gasteiger partial charge in [0, 0.05) is 31.2 Å². The summed E-state index contributed by atoms with van der Waals surface area (Å²) in [5, 5.41) is 23.4. The van der Waals surface area contributed by atoms with E-state index in [1.807, 2.05) is 18.2 Å². The van der Waals surface area contributed by atoms with Crippen molar-refractivity contribution in [3.63, 3.8) is 0 Å². The summed E-state index contributed by atoms with van der Waals surface area (Å²) < 4.78 is 15.9. The van der Waals surface area contributed by atoms with Crippen LogP contribution in [0.4, 0.5) is 0 Å². The van der Waals surface area contributed by atoms with Gasteiger partial charge in [0.1, 0.15) is 0 Å². The lowest BCUT2D eigenvalue weighted by atomic mass is 10.1. The minimum Gasteiger partial charge on any atom is -0.454 e. The number of rotatable bonds is 5. The van der Waals surface area contributed by atoms with Crippen molar-refractivity contribution in [1.29, 1.82) is 0 Å². The SMILES string of the molecule is COC[C@H]1C[C@@H](NCc2cccc3c2OCO3)[C@H](O)[C@@H]1O. The van der Waals surface area contributed by atoms with Gasteiger partial charge in [0.15, 0.2) is 11.5 Å². The summed E-state index contributed by atoms with van der Waals surface area (Å²) in [5.74, 6) is 1.47. The van der Waals surface area contributed by atoms with Gasteiger partial charge in [-0.1, -0.05) is 12.1 Å². The van der Waals surface area contributed by atoms with Crippen LogP contribution < -0.4 is 14.8 Å². The van der Waals surface area contributed by atoms with Gasteiger partial charge in [-0.15, -0.1) is 0 Å². The van der Waals surface area contributed by atoms with Gasteiger partial charge < -0.3 is 29.7 Å². The van der Waals surface area contributed by atoms with Crippen LogP contribution in [0.15, 0.2) is 18.2 Å². The van der Waals surface area contributed by atoms with Gasteiger partial charge in [-0.25, -0.2) is 0 Å². The third-order valence-electron chi connectivity index (χ3n) is 4.22. The highest BCUT2D eigenvalue weighted by molar-refractivity contribution is 5.48. The van der Waals surface area contributed by atoms with E-state index in [0.29, 0.717) is 19.6 Å². The Morgan fingerprint density at radius 2 is 2.14 bits per heavy atom. The van der Waals surface area contributed by atoms with Gasteiger partial charge in [-0.05, 0) is 12.5 Å². The maximum atomic E-state index is 10.1. The quantitative estimate of drug-likeness (QED) is 0.723. The lowest BCUT2D eigenvalue weighted by Gasteiger charge is -2.18. The Balaban J connectivity index is 1.62. The van der Waals surface area contributed by atoms with E-state index in [2.05, 4.69) is 5.32 Å². The molecule has 1 heterocycles. The number of aliphatic hydroxyl groups is 2. The number of para-hydroxylation sites is 1. The van der Waals surface area contributed by atoms with Crippen molar-refractivity contribution in [2.45, 2.75) is 31.2 Å². The van der Waals surface area contributed by atoms with Gasteiger partial charge in [0.05, 0.1) is 18.8 Å². The smallest absolute Gasteiger partial charge is 0.231 e. The van der Waals surface area contributed by atoms with Gasteiger partial charge >= 0.3 is 0 Å². The minimum atomic E-state index is -0.779. The Bertz CT molecular complexity index is 495. The van der Waals surface area contributed by atoms with E-state index in [9.17, 15) is 10.2 Å². The first kappa shape index (κ1) is 14.6. The van der Waals surface area contributed by atoms with Crippen molar-refractivity contribution < 1.29 is 24.4 Å². The maximum Gasteiger partial charge on any atom is 0.231 e. The zero-order chi connectivity index (χ0) is 14.8. The van der Waals surface area contributed by atoms with Gasteiger partial charge in [0.25, 0.3) is 0 Å². The second-order valence-electron chi connectivity index (χ2n) is 5.57. The van der Waals surface area contributed by atoms with E-state index in [-0.39, 0.29) is 18.8 Å². The van der Waals surface area contributed by atoms with Gasteiger partial charge in [0.2, 0.25) is 6.79 Å². The average molecular weight is 295 g/mol. The first-order valence-corrected chi connectivity index (χ1v) is 7.16. The fourth-order valence-corrected chi connectivity index (χ4v) is 3.08. The Morgan fingerprint density at radius 3 is 2.95 bits per heavy atom. The number of ether oxygens (including phenoxy) is 3. The Morgan fingerprint density at radius 1 is 1.29 bits per heavy atom. The van der Waals surface area contributed by atoms with Crippen LogP contribution in [-0.4, -0.2) is 49.0 Å². The molecule has 6 heteroatoms. The van der Waals surface area contributed by atoms with Gasteiger partial charge in [-0.2, -0.15) is 0 Å². The molecule has 1 fully saturated rings. The van der Waals surface area contributed by atoms with E-state index < -0.39 is 12.2 Å². The first-order valence-electron chi connectivity index (χ1n) is 7.16. The highest BCUT2D eigenvalue weighted by Gasteiger charge is 2.41. The predicted octanol–water partition coefficient (Wildman–Crippen LogP) is 0.262. The molecule has 0 radical (unpaired) electrons. The zero-order valence-electron chi connectivity index (χ0n) is 12.0. The highest BCUT2D eigenvalue weighted by Crippen LogP contribution is 2.35. The van der Waals surface area contributed by atoms with E-state index in [1.54, 1.807) is 7.11 Å². The predicted molar refractivity (Wildman–Crippen MR) is 75.2 cm³/mol. The van der Waals surface area contributed by atoms with Crippen LogP contribution in [0.1, 0.15) is 12.0 Å². The molecular weight excluding hydrogens is 274 g/mol. The second kappa shape index (κ2) is 6.19. The fourth-order valence-electron chi connectivity index (χ4n) is 3.08. The lowest BCUT2D eigenvalue weighted by Crippen LogP contribution is -2.39. The molecule has 21 heavy (non-hydrogen) atoms. The molecule has 0 aromatic heterocycles. The molecule has 2 aliphatic rings. The Hall–Kier alpha value is -1.34. The summed E-state index contributed by atoms with van der Waals surface area (Å²) in [6.45, 7) is 1.25. The third kappa shape index (κ3) is 2.85. The average Bonchev–Trinajstić information content (AvgIpc) is 3.06. The van der Waals surface area contributed by atoms with Crippen LogP contribution in [0.5, 0.6) is 11.5 Å². The highest BCUT2D eigenvalue weighted by atomic mass is 16.7. The van der Waals surface area contributed by atoms with E-state index in [0.717, 1.165) is 17.1 Å². The molecule has 0 amide bonds. The third-order valence-corrected chi connectivity index (χ3v) is 4.22. The summed E-state index contributed by atoms with van der Waals surface area (Å²) >= 11 is 0. The summed E-state index contributed by atoms with van der Waals surface area (Å²) in [6.07, 6.45) is -0.842. The maximum absolute atomic E-state index is 10.1. The van der Waals surface area contributed by atoms with Crippen LogP contribution in [0.25, 0.3) is 0 Å². The second-order valence-corrected chi connectivity index (χ2v) is 5.57. The first-order chi connectivity index (χ1) is 10.2. The molecule has 3 rings (SSSR count). The van der Waals surface area contributed by atoms with Crippen LogP contribution in [-0.2, 0) is 11.3 Å². The number of fused-ring (bicyclic) bond motifs is 1. The molecule has 6 nitrogen and oxygen atoms in total. The standard InChI is InChI=1S/C15H21NO5/c1-19-7-10-5-11(14(18)13(10)17)16-6-9-3-2-4-12-15(9)21-8-20-12/h2-4,10-11,13-14,16-18H,5-8H2,1H3/t10-,11-,13-,14+/m1/s1. The molecule has 0 spiro atoms. The van der Waals surface area contributed by atoms with Crippen molar-refractivity contribution in [2.24, 2.45) is 5.92 Å². The van der Waals surface area contributed by atoms with Crippen molar-refractivity contribution in [1.82, 2.24) is 5.32 Å². The van der Waals surface area contributed by atoms with Crippen LogP contribution in [0, 0.1) is 5.92 Å². The number of methoxy groups -OCH3 is 1. The normalized spacial score (nSPS) is 30.8. The number of hydrogen-bond acceptors (Lipinski definition) is 6.